The van der Waals surface area contributed by atoms with E-state index in [2.05, 4.69) is 102 Å². The van der Waals surface area contributed by atoms with Crippen LogP contribution in [0.25, 0.3) is 0 Å². The van der Waals surface area contributed by atoms with Gasteiger partial charge in [-0.1, -0.05) is 114 Å². The number of ether oxygens (including phenoxy) is 3. The van der Waals surface area contributed by atoms with Crippen LogP contribution in [0.5, 0.6) is 0 Å². The van der Waals surface area contributed by atoms with Crippen molar-refractivity contribution in [1.29, 1.82) is 0 Å². The predicted octanol–water partition coefficient (Wildman–Crippen LogP) is 7.77. The average Bonchev–Trinajstić information content (AvgIpc) is 3.44. The molecule has 3 saturated carbocycles. The van der Waals surface area contributed by atoms with Gasteiger partial charge in [0, 0.05) is 19.6 Å². The van der Waals surface area contributed by atoms with Gasteiger partial charge < -0.3 is 18.6 Å². The van der Waals surface area contributed by atoms with Gasteiger partial charge in [-0.2, -0.15) is 0 Å². The maximum absolute atomic E-state index is 13.4. The molecule has 0 amide bonds. The van der Waals surface area contributed by atoms with E-state index in [0.717, 1.165) is 19.3 Å². The van der Waals surface area contributed by atoms with Crippen molar-refractivity contribution in [3.05, 3.63) is 72.8 Å². The zero-order chi connectivity index (χ0) is 33.7. The van der Waals surface area contributed by atoms with Gasteiger partial charge in [-0.05, 0) is 84.0 Å². The first-order valence-electron chi connectivity index (χ1n) is 17.3. The Balaban J connectivity index is 1.65. The fourth-order valence-electron chi connectivity index (χ4n) is 9.77. The van der Waals surface area contributed by atoms with Crippen LogP contribution in [-0.2, 0) is 23.4 Å². The largest absolute Gasteiger partial charge is 0.462 e. The van der Waals surface area contributed by atoms with Crippen LogP contribution < -0.4 is 10.4 Å². The molecule has 0 heterocycles. The van der Waals surface area contributed by atoms with Gasteiger partial charge in [-0.3, -0.25) is 4.79 Å². The highest BCUT2D eigenvalue weighted by atomic mass is 28.4. The van der Waals surface area contributed by atoms with E-state index < -0.39 is 13.7 Å². The van der Waals surface area contributed by atoms with Crippen molar-refractivity contribution in [2.24, 2.45) is 39.9 Å². The van der Waals surface area contributed by atoms with Crippen LogP contribution in [0.4, 0.5) is 0 Å². The topological polar surface area (TPSA) is 54.0 Å². The van der Waals surface area contributed by atoms with Crippen LogP contribution in [0, 0.1) is 39.9 Å². The third kappa shape index (κ3) is 5.65. The molecule has 0 aliphatic heterocycles. The number of rotatable bonds is 9. The molecule has 3 aliphatic rings. The molecule has 6 heteroatoms. The standard InChI is InChI=1S/C40H58O5Si/c1-27-31(25-44-46(38(6,7)8,29-18-14-12-15-19-29)30-20-16-13-17-21-30)40-23-22-32(43-26-42-11)35(40)28(2)39(9,10)34(40)24-33(27)45-36(41)37(3,4)5/h12-21,27,31-35H,2,22-26H2,1,3-11H3/t27-,31+,32-,33+,34+,35-,40+/m1/s1. The number of carbonyl (C=O) groups is 1. The summed E-state index contributed by atoms with van der Waals surface area (Å²) in [7, 11) is -1.12. The molecule has 2 aromatic rings. The van der Waals surface area contributed by atoms with E-state index in [1.807, 2.05) is 20.8 Å². The summed E-state index contributed by atoms with van der Waals surface area (Å²) in [6.07, 6.45) is 2.69. The number of esters is 1. The zero-order valence-electron chi connectivity index (χ0n) is 30.0. The van der Waals surface area contributed by atoms with Crippen molar-refractivity contribution < 1.29 is 23.4 Å². The Bertz CT molecular complexity index is 1330. The molecule has 0 bridgehead atoms. The van der Waals surface area contributed by atoms with Crippen molar-refractivity contribution in [3.8, 4) is 0 Å². The number of hydrogen-bond donors (Lipinski definition) is 0. The molecule has 5 rings (SSSR count). The van der Waals surface area contributed by atoms with Gasteiger partial charge in [0.05, 0.1) is 11.5 Å². The minimum atomic E-state index is -2.81. The maximum atomic E-state index is 13.4. The highest BCUT2D eigenvalue weighted by molar-refractivity contribution is 6.99. The van der Waals surface area contributed by atoms with Crippen LogP contribution >= 0.6 is 0 Å². The Labute approximate surface area is 279 Å². The molecule has 2 aromatic carbocycles. The highest BCUT2D eigenvalue weighted by Gasteiger charge is 2.71. The highest BCUT2D eigenvalue weighted by Crippen LogP contribution is 2.74. The Hall–Kier alpha value is -2.25. The minimum absolute atomic E-state index is 0.0490. The maximum Gasteiger partial charge on any atom is 0.311 e. The molecule has 1 spiro atoms. The summed E-state index contributed by atoms with van der Waals surface area (Å²) in [5, 5.41) is 2.42. The van der Waals surface area contributed by atoms with Gasteiger partial charge in [0.2, 0.25) is 0 Å². The van der Waals surface area contributed by atoms with Crippen molar-refractivity contribution in [3.63, 3.8) is 0 Å². The molecule has 7 atom stereocenters. The number of hydrogen-bond acceptors (Lipinski definition) is 5. The molecule has 0 radical (unpaired) electrons. The van der Waals surface area contributed by atoms with Crippen LogP contribution in [-0.4, -0.2) is 47.0 Å². The third-order valence-electron chi connectivity index (χ3n) is 12.1. The summed E-state index contributed by atoms with van der Waals surface area (Å²) in [4.78, 5) is 13.4. The Kier molecular flexibility index (Phi) is 9.64. The molecule has 46 heavy (non-hydrogen) atoms. The summed E-state index contributed by atoms with van der Waals surface area (Å²) >= 11 is 0. The van der Waals surface area contributed by atoms with E-state index >= 15 is 0 Å². The number of benzene rings is 2. The summed E-state index contributed by atoms with van der Waals surface area (Å²) < 4.78 is 26.1. The molecule has 3 aliphatic carbocycles. The van der Waals surface area contributed by atoms with E-state index in [9.17, 15) is 4.79 Å². The lowest BCUT2D eigenvalue weighted by atomic mass is 9.52. The summed E-state index contributed by atoms with van der Waals surface area (Å²) in [5.74, 6) is 0.592. The lowest BCUT2D eigenvalue weighted by Crippen LogP contribution is -2.67. The molecule has 0 saturated heterocycles. The zero-order valence-corrected chi connectivity index (χ0v) is 31.0. The molecular weight excluding hydrogens is 589 g/mol. The minimum Gasteiger partial charge on any atom is -0.462 e. The fraction of sp³-hybridized carbons (Fsp3) is 0.625. The summed E-state index contributed by atoms with van der Waals surface area (Å²) in [6, 6.07) is 21.8. The first-order valence-corrected chi connectivity index (χ1v) is 19.2. The van der Waals surface area contributed by atoms with Crippen LogP contribution in [0.1, 0.15) is 81.6 Å². The molecule has 3 fully saturated rings. The van der Waals surface area contributed by atoms with Crippen molar-refractivity contribution in [2.45, 2.75) is 98.8 Å². The van der Waals surface area contributed by atoms with Crippen LogP contribution in [0.2, 0.25) is 5.04 Å². The van der Waals surface area contributed by atoms with E-state index in [0.29, 0.717) is 6.61 Å². The van der Waals surface area contributed by atoms with Crippen molar-refractivity contribution >= 4 is 24.7 Å². The molecule has 252 valence electrons. The summed E-state index contributed by atoms with van der Waals surface area (Å²) in [6.45, 7) is 25.5. The first-order chi connectivity index (χ1) is 21.5. The summed E-state index contributed by atoms with van der Waals surface area (Å²) in [5.41, 5.74) is 0.484. The van der Waals surface area contributed by atoms with Crippen LogP contribution in [0.15, 0.2) is 72.8 Å². The number of carbonyl (C=O) groups excluding carboxylic acids is 1. The second-order valence-electron chi connectivity index (χ2n) is 16.9. The average molecular weight is 647 g/mol. The Morgan fingerprint density at radius 1 is 0.935 bits per heavy atom. The van der Waals surface area contributed by atoms with Gasteiger partial charge in [-0.25, -0.2) is 0 Å². The van der Waals surface area contributed by atoms with E-state index in [1.165, 1.54) is 15.9 Å². The molecular formula is C40H58O5Si. The lowest BCUT2D eigenvalue weighted by Gasteiger charge is -2.55. The molecule has 0 aromatic heterocycles. The van der Waals surface area contributed by atoms with Crippen LogP contribution in [0.3, 0.4) is 0 Å². The molecule has 0 N–H and O–H groups in total. The quantitative estimate of drug-likeness (QED) is 0.121. The smallest absolute Gasteiger partial charge is 0.311 e. The van der Waals surface area contributed by atoms with E-state index in [1.54, 1.807) is 7.11 Å². The van der Waals surface area contributed by atoms with Gasteiger partial charge >= 0.3 is 5.97 Å². The van der Waals surface area contributed by atoms with Gasteiger partial charge in [0.1, 0.15) is 12.9 Å². The van der Waals surface area contributed by atoms with Gasteiger partial charge in [0.15, 0.2) is 0 Å². The third-order valence-corrected chi connectivity index (χ3v) is 17.1. The number of methoxy groups -OCH3 is 1. The Morgan fingerprint density at radius 3 is 2.00 bits per heavy atom. The van der Waals surface area contributed by atoms with E-state index in [-0.39, 0.29) is 64.5 Å². The molecule has 0 unspecified atom stereocenters. The second-order valence-corrected chi connectivity index (χ2v) is 21.2. The normalized spacial score (nSPS) is 31.0. The van der Waals surface area contributed by atoms with Gasteiger partial charge in [-0.15, -0.1) is 0 Å². The lowest BCUT2D eigenvalue weighted by molar-refractivity contribution is -0.179. The second kappa shape index (κ2) is 12.6. The first kappa shape index (κ1) is 35.1. The SMILES string of the molecule is C=C1[C@@H]2[C@H](OCOC)CC[C@@]23[C@@H](CO[Si](c2ccccc2)(c2ccccc2)C(C)(C)C)[C@@H](C)[C@@H](OC(=O)C(C)(C)C)C[C@H]3C1(C)C. The van der Waals surface area contributed by atoms with Crippen molar-refractivity contribution in [2.75, 3.05) is 20.5 Å². The Morgan fingerprint density at radius 2 is 1.50 bits per heavy atom. The van der Waals surface area contributed by atoms with Gasteiger partial charge in [0.25, 0.3) is 8.32 Å². The predicted molar refractivity (Wildman–Crippen MR) is 188 cm³/mol. The molecule has 5 nitrogen and oxygen atoms in total. The fourth-order valence-corrected chi connectivity index (χ4v) is 14.4. The van der Waals surface area contributed by atoms with Crippen molar-refractivity contribution in [1.82, 2.24) is 0 Å². The monoisotopic (exact) mass is 646 g/mol. The van der Waals surface area contributed by atoms with E-state index in [4.69, 9.17) is 25.2 Å².